The number of likely N-dealkylation sites (tertiary alicyclic amines) is 1. The molecule has 2 aromatic carbocycles. The molecule has 4 heteroatoms. The quantitative estimate of drug-likeness (QED) is 0.941. The lowest BCUT2D eigenvalue weighted by Gasteiger charge is -2.28. The van der Waals surface area contributed by atoms with E-state index in [9.17, 15) is 14.7 Å². The van der Waals surface area contributed by atoms with Gasteiger partial charge in [0.05, 0.1) is 11.1 Å². The van der Waals surface area contributed by atoms with Crippen LogP contribution in [0.2, 0.25) is 0 Å². The van der Waals surface area contributed by atoms with Gasteiger partial charge in [-0.1, -0.05) is 42.5 Å². The number of hydrogen-bond acceptors (Lipinski definition) is 2. The van der Waals surface area contributed by atoms with Crippen LogP contribution < -0.4 is 0 Å². The molecule has 2 aromatic rings. The smallest absolute Gasteiger partial charge is 0.336 e. The minimum atomic E-state index is -1.07. The second-order valence-electron chi connectivity index (χ2n) is 5.75. The van der Waals surface area contributed by atoms with Crippen LogP contribution in [0.3, 0.4) is 0 Å². The van der Waals surface area contributed by atoms with Crippen LogP contribution in [-0.4, -0.2) is 35.0 Å². The van der Waals surface area contributed by atoms with E-state index in [-0.39, 0.29) is 11.5 Å². The maximum Gasteiger partial charge on any atom is 0.336 e. The number of rotatable bonds is 3. The van der Waals surface area contributed by atoms with Gasteiger partial charge in [0.2, 0.25) is 0 Å². The van der Waals surface area contributed by atoms with Crippen molar-refractivity contribution in [2.24, 2.45) is 0 Å². The maximum atomic E-state index is 13.0. The lowest BCUT2D eigenvalue weighted by molar-refractivity contribution is 0.0666. The van der Waals surface area contributed by atoms with Crippen molar-refractivity contribution in [2.45, 2.75) is 19.3 Å². The Morgan fingerprint density at radius 3 is 2.22 bits per heavy atom. The minimum absolute atomic E-state index is 0.0712. The third kappa shape index (κ3) is 3.11. The van der Waals surface area contributed by atoms with E-state index < -0.39 is 5.97 Å². The first kappa shape index (κ1) is 15.3. The van der Waals surface area contributed by atoms with Crippen molar-refractivity contribution in [2.75, 3.05) is 13.1 Å². The van der Waals surface area contributed by atoms with E-state index in [0.717, 1.165) is 24.8 Å². The number of amides is 1. The summed E-state index contributed by atoms with van der Waals surface area (Å²) in [6.45, 7) is 1.39. The van der Waals surface area contributed by atoms with Crippen LogP contribution in [-0.2, 0) is 0 Å². The molecular formula is C19H19NO3. The van der Waals surface area contributed by atoms with Gasteiger partial charge in [0.25, 0.3) is 5.91 Å². The highest BCUT2D eigenvalue weighted by Gasteiger charge is 2.26. The molecule has 3 rings (SSSR count). The number of hydrogen-bond donors (Lipinski definition) is 1. The number of piperidine rings is 1. The number of aromatic carboxylic acids is 1. The van der Waals surface area contributed by atoms with Crippen molar-refractivity contribution >= 4 is 11.9 Å². The van der Waals surface area contributed by atoms with E-state index in [1.54, 1.807) is 11.0 Å². The third-order valence-corrected chi connectivity index (χ3v) is 4.24. The molecule has 0 bridgehead atoms. The highest BCUT2D eigenvalue weighted by molar-refractivity contribution is 6.09. The summed E-state index contributed by atoms with van der Waals surface area (Å²) in [4.78, 5) is 26.4. The van der Waals surface area contributed by atoms with Gasteiger partial charge < -0.3 is 10.0 Å². The molecule has 1 saturated heterocycles. The normalized spacial score (nSPS) is 14.5. The van der Waals surface area contributed by atoms with Crippen LogP contribution >= 0.6 is 0 Å². The topological polar surface area (TPSA) is 57.6 Å². The predicted molar refractivity (Wildman–Crippen MR) is 88.6 cm³/mol. The van der Waals surface area contributed by atoms with Gasteiger partial charge in [-0.25, -0.2) is 4.79 Å². The molecule has 1 fully saturated rings. The van der Waals surface area contributed by atoms with Gasteiger partial charge in [-0.3, -0.25) is 4.79 Å². The van der Waals surface area contributed by atoms with Crippen LogP contribution in [0.25, 0.3) is 11.1 Å². The average Bonchev–Trinajstić information content (AvgIpc) is 2.62. The van der Waals surface area contributed by atoms with E-state index in [4.69, 9.17) is 0 Å². The molecule has 0 aromatic heterocycles. The zero-order valence-corrected chi connectivity index (χ0v) is 12.9. The molecule has 4 nitrogen and oxygen atoms in total. The first-order valence-electron chi connectivity index (χ1n) is 7.89. The molecule has 1 amide bonds. The Morgan fingerprint density at radius 2 is 1.57 bits per heavy atom. The first-order chi connectivity index (χ1) is 11.2. The fourth-order valence-corrected chi connectivity index (χ4v) is 3.07. The van der Waals surface area contributed by atoms with E-state index in [0.29, 0.717) is 24.2 Å². The summed E-state index contributed by atoms with van der Waals surface area (Å²) in [6, 6.07) is 14.5. The molecule has 1 heterocycles. The Balaban J connectivity index is 2.12. The molecule has 1 aliphatic rings. The highest BCUT2D eigenvalue weighted by atomic mass is 16.4. The number of carbonyl (C=O) groups excluding carboxylic acids is 1. The highest BCUT2D eigenvalue weighted by Crippen LogP contribution is 2.28. The van der Waals surface area contributed by atoms with Crippen molar-refractivity contribution in [3.63, 3.8) is 0 Å². The number of benzene rings is 2. The summed E-state index contributed by atoms with van der Waals surface area (Å²) in [7, 11) is 0. The first-order valence-corrected chi connectivity index (χ1v) is 7.89. The molecule has 1 aliphatic heterocycles. The molecular weight excluding hydrogens is 290 g/mol. The summed E-state index contributed by atoms with van der Waals surface area (Å²) in [5.41, 5.74) is 1.91. The largest absolute Gasteiger partial charge is 0.478 e. The van der Waals surface area contributed by atoms with Crippen molar-refractivity contribution in [1.29, 1.82) is 0 Å². The molecule has 1 N–H and O–H groups in total. The maximum absolute atomic E-state index is 13.0. The summed E-state index contributed by atoms with van der Waals surface area (Å²) >= 11 is 0. The van der Waals surface area contributed by atoms with Crippen LogP contribution in [0, 0.1) is 0 Å². The van der Waals surface area contributed by atoms with Gasteiger partial charge in [0.15, 0.2) is 0 Å². The summed E-state index contributed by atoms with van der Waals surface area (Å²) in [5, 5.41) is 9.51. The van der Waals surface area contributed by atoms with E-state index in [1.165, 1.54) is 6.07 Å². The fraction of sp³-hybridized carbons (Fsp3) is 0.263. The number of carboxylic acid groups (broad SMARTS) is 1. The molecule has 0 atom stereocenters. The van der Waals surface area contributed by atoms with E-state index in [2.05, 4.69) is 0 Å². The Hall–Kier alpha value is -2.62. The Bertz CT molecular complexity index is 719. The lowest BCUT2D eigenvalue weighted by Crippen LogP contribution is -2.36. The van der Waals surface area contributed by atoms with Gasteiger partial charge in [0, 0.05) is 13.1 Å². The summed E-state index contributed by atoms with van der Waals surface area (Å²) in [5.74, 6) is -1.25. The standard InChI is InChI=1S/C19H19NO3/c21-18(20-12-5-2-6-13-20)17-15(14-8-3-1-4-9-14)10-7-11-16(17)19(22)23/h1,3-4,7-11H,2,5-6,12-13H2,(H,22,23). The summed E-state index contributed by atoms with van der Waals surface area (Å²) < 4.78 is 0. The van der Waals surface area contributed by atoms with Gasteiger partial charge in [-0.05, 0) is 36.5 Å². The van der Waals surface area contributed by atoms with Crippen LogP contribution in [0.15, 0.2) is 48.5 Å². The van der Waals surface area contributed by atoms with Crippen molar-refractivity contribution in [3.05, 3.63) is 59.7 Å². The van der Waals surface area contributed by atoms with Gasteiger partial charge in [-0.2, -0.15) is 0 Å². The molecule has 0 saturated carbocycles. The number of carbonyl (C=O) groups is 2. The van der Waals surface area contributed by atoms with Crippen LogP contribution in [0.5, 0.6) is 0 Å². The van der Waals surface area contributed by atoms with Gasteiger partial charge >= 0.3 is 5.97 Å². The molecule has 0 unspecified atom stereocenters. The zero-order chi connectivity index (χ0) is 16.2. The predicted octanol–water partition coefficient (Wildman–Crippen LogP) is 3.68. The van der Waals surface area contributed by atoms with Crippen LogP contribution in [0.1, 0.15) is 40.0 Å². The lowest BCUT2D eigenvalue weighted by atomic mass is 9.94. The summed E-state index contributed by atoms with van der Waals surface area (Å²) in [6.07, 6.45) is 3.07. The van der Waals surface area contributed by atoms with Crippen molar-refractivity contribution in [3.8, 4) is 11.1 Å². The van der Waals surface area contributed by atoms with Crippen molar-refractivity contribution < 1.29 is 14.7 Å². The van der Waals surface area contributed by atoms with E-state index >= 15 is 0 Å². The minimum Gasteiger partial charge on any atom is -0.478 e. The molecule has 0 aliphatic carbocycles. The second kappa shape index (κ2) is 6.65. The fourth-order valence-electron chi connectivity index (χ4n) is 3.07. The zero-order valence-electron chi connectivity index (χ0n) is 12.9. The van der Waals surface area contributed by atoms with Crippen LogP contribution in [0.4, 0.5) is 0 Å². The Labute approximate surface area is 135 Å². The Morgan fingerprint density at radius 1 is 0.870 bits per heavy atom. The number of carboxylic acids is 1. The van der Waals surface area contributed by atoms with E-state index in [1.807, 2.05) is 36.4 Å². The molecule has 118 valence electrons. The third-order valence-electron chi connectivity index (χ3n) is 4.24. The molecule has 23 heavy (non-hydrogen) atoms. The monoisotopic (exact) mass is 309 g/mol. The SMILES string of the molecule is O=C(O)c1cccc(-c2ccccc2)c1C(=O)N1CCCCC1. The average molecular weight is 309 g/mol. The molecule has 0 radical (unpaired) electrons. The van der Waals surface area contributed by atoms with Gasteiger partial charge in [0.1, 0.15) is 0 Å². The van der Waals surface area contributed by atoms with Gasteiger partial charge in [-0.15, -0.1) is 0 Å². The second-order valence-corrected chi connectivity index (χ2v) is 5.75. The number of nitrogens with zero attached hydrogens (tertiary/aromatic N) is 1. The molecule has 0 spiro atoms. The Kier molecular flexibility index (Phi) is 4.42. The van der Waals surface area contributed by atoms with Crippen molar-refractivity contribution in [1.82, 2.24) is 4.90 Å².